The monoisotopic (exact) mass is 453 g/mol. The van der Waals surface area contributed by atoms with Gasteiger partial charge in [-0.05, 0) is 36.2 Å². The lowest BCUT2D eigenvalue weighted by molar-refractivity contribution is 0.301. The lowest BCUT2D eigenvalue weighted by Gasteiger charge is -2.06. The number of ether oxygens (including phenoxy) is 1. The molecule has 3 aromatic heterocycles. The van der Waals surface area contributed by atoms with Crippen LogP contribution in [-0.4, -0.2) is 53.7 Å². The first kappa shape index (κ1) is 21.9. The molecule has 4 aromatic rings. The summed E-state index contributed by atoms with van der Waals surface area (Å²) in [5.74, 6) is 1.58. The highest BCUT2D eigenvalue weighted by molar-refractivity contribution is 7.89. The Morgan fingerprint density at radius 2 is 1.88 bits per heavy atom. The molecule has 0 aliphatic rings. The van der Waals surface area contributed by atoms with Crippen molar-refractivity contribution in [3.63, 3.8) is 0 Å². The van der Waals surface area contributed by atoms with E-state index in [0.717, 1.165) is 33.9 Å². The van der Waals surface area contributed by atoms with Gasteiger partial charge in [0.05, 0.1) is 18.6 Å². The number of hydrogen-bond donors (Lipinski definition) is 3. The number of H-pyrrole nitrogens is 1. The van der Waals surface area contributed by atoms with Gasteiger partial charge in [0, 0.05) is 42.7 Å². The number of nitrogens with zero attached hydrogens (tertiary/aromatic N) is 3. The van der Waals surface area contributed by atoms with E-state index in [0.29, 0.717) is 18.5 Å². The molecule has 0 atom stereocenters. The Bertz CT molecular complexity index is 1320. The van der Waals surface area contributed by atoms with Crippen LogP contribution in [0.1, 0.15) is 11.5 Å². The number of fused-ring (bicyclic) bond motifs is 1. The highest BCUT2D eigenvalue weighted by Crippen LogP contribution is 2.23. The smallest absolute Gasteiger partial charge is 0.240 e. The zero-order valence-corrected chi connectivity index (χ0v) is 18.3. The van der Waals surface area contributed by atoms with Crippen molar-refractivity contribution in [2.45, 2.75) is 17.7 Å². The minimum absolute atomic E-state index is 0.0277. The maximum atomic E-state index is 12.2. The van der Waals surface area contributed by atoms with Crippen LogP contribution in [0.15, 0.2) is 59.8 Å². The van der Waals surface area contributed by atoms with Crippen molar-refractivity contribution in [3.8, 4) is 16.9 Å². The zero-order chi connectivity index (χ0) is 22.6. The van der Waals surface area contributed by atoms with Crippen molar-refractivity contribution >= 4 is 21.2 Å². The van der Waals surface area contributed by atoms with E-state index in [9.17, 15) is 8.42 Å². The fourth-order valence-electron chi connectivity index (χ4n) is 3.28. The minimum atomic E-state index is -3.64. The number of aromatic amines is 1. The van der Waals surface area contributed by atoms with Crippen molar-refractivity contribution in [2.75, 3.05) is 20.3 Å². The predicted molar refractivity (Wildman–Crippen MR) is 120 cm³/mol. The standard InChI is InChI=1S/C22H23N5O4S/c1-31-18-8-9-23-17(13-18)4-7-21-26-20-12-16(14-24-22(20)27-21)15-2-5-19(6-3-15)32(29,30)25-10-11-28/h2-3,5-6,8-9,12-14,25,28H,4,7,10-11H2,1H3,(H,24,26,27). The number of pyridine rings is 2. The second-order valence-electron chi connectivity index (χ2n) is 7.11. The van der Waals surface area contributed by atoms with Gasteiger partial charge < -0.3 is 14.8 Å². The fraction of sp³-hybridized carbons (Fsp3) is 0.227. The molecule has 4 rings (SSSR count). The summed E-state index contributed by atoms with van der Waals surface area (Å²) in [5.41, 5.74) is 4.00. The highest BCUT2D eigenvalue weighted by atomic mass is 32.2. The zero-order valence-electron chi connectivity index (χ0n) is 17.4. The van der Waals surface area contributed by atoms with Gasteiger partial charge in [0.1, 0.15) is 17.1 Å². The summed E-state index contributed by atoms with van der Waals surface area (Å²) in [6, 6.07) is 12.1. The molecule has 0 saturated heterocycles. The van der Waals surface area contributed by atoms with Gasteiger partial charge >= 0.3 is 0 Å². The summed E-state index contributed by atoms with van der Waals surface area (Å²) < 4.78 is 31.9. The number of aromatic nitrogens is 4. The number of aliphatic hydroxyl groups excluding tert-OH is 1. The first-order chi connectivity index (χ1) is 15.5. The number of sulfonamides is 1. The molecule has 10 heteroatoms. The number of rotatable bonds is 9. The summed E-state index contributed by atoms with van der Waals surface area (Å²) in [6.07, 6.45) is 4.84. The Morgan fingerprint density at radius 1 is 1.06 bits per heavy atom. The number of aliphatic hydroxyl groups is 1. The van der Waals surface area contributed by atoms with E-state index in [2.05, 4.69) is 24.7 Å². The maximum Gasteiger partial charge on any atom is 0.240 e. The molecule has 3 N–H and O–H groups in total. The third-order valence-corrected chi connectivity index (χ3v) is 6.41. The largest absolute Gasteiger partial charge is 0.497 e. The molecule has 0 unspecified atom stereocenters. The van der Waals surface area contributed by atoms with Crippen LogP contribution in [0.3, 0.4) is 0 Å². The summed E-state index contributed by atoms with van der Waals surface area (Å²) in [4.78, 5) is 16.8. The molecule has 32 heavy (non-hydrogen) atoms. The van der Waals surface area contributed by atoms with E-state index in [1.165, 1.54) is 12.1 Å². The molecule has 0 spiro atoms. The third kappa shape index (κ3) is 4.93. The van der Waals surface area contributed by atoms with Gasteiger partial charge in [0.25, 0.3) is 0 Å². The average molecular weight is 454 g/mol. The summed E-state index contributed by atoms with van der Waals surface area (Å²) in [5, 5.41) is 8.82. The molecule has 0 radical (unpaired) electrons. The Balaban J connectivity index is 1.50. The van der Waals surface area contributed by atoms with Crippen LogP contribution in [0.2, 0.25) is 0 Å². The SMILES string of the molecule is COc1ccnc(CCc2nc3cc(-c4ccc(S(=O)(=O)NCCO)cc4)cnc3[nH]2)c1. The number of benzene rings is 1. The van der Waals surface area contributed by atoms with Crippen molar-refractivity contribution in [1.82, 2.24) is 24.7 Å². The molecular formula is C22H23N5O4S. The topological polar surface area (TPSA) is 130 Å². The third-order valence-electron chi connectivity index (χ3n) is 4.93. The normalized spacial score (nSPS) is 11.7. The lowest BCUT2D eigenvalue weighted by atomic mass is 10.1. The van der Waals surface area contributed by atoms with Crippen molar-refractivity contribution in [2.24, 2.45) is 0 Å². The molecule has 166 valence electrons. The number of aryl methyl sites for hydroxylation is 2. The van der Waals surface area contributed by atoms with Crippen LogP contribution in [0, 0.1) is 0 Å². The van der Waals surface area contributed by atoms with Gasteiger partial charge in [-0.2, -0.15) is 0 Å². The summed E-state index contributed by atoms with van der Waals surface area (Å²) in [6.45, 7) is -0.287. The van der Waals surface area contributed by atoms with Gasteiger partial charge in [-0.3, -0.25) is 4.98 Å². The van der Waals surface area contributed by atoms with Gasteiger partial charge in [0.15, 0.2) is 5.65 Å². The first-order valence-corrected chi connectivity index (χ1v) is 11.5. The molecule has 9 nitrogen and oxygen atoms in total. The number of hydrogen-bond acceptors (Lipinski definition) is 7. The Morgan fingerprint density at radius 3 is 2.62 bits per heavy atom. The van der Waals surface area contributed by atoms with E-state index in [-0.39, 0.29) is 18.0 Å². The lowest BCUT2D eigenvalue weighted by Crippen LogP contribution is -2.26. The van der Waals surface area contributed by atoms with Gasteiger partial charge in [0.2, 0.25) is 10.0 Å². The van der Waals surface area contributed by atoms with Gasteiger partial charge in [-0.1, -0.05) is 12.1 Å². The van der Waals surface area contributed by atoms with Crippen LogP contribution in [0.5, 0.6) is 5.75 Å². The molecule has 0 fully saturated rings. The molecule has 0 amide bonds. The average Bonchev–Trinajstić information content (AvgIpc) is 3.24. The van der Waals surface area contributed by atoms with Crippen LogP contribution < -0.4 is 9.46 Å². The van der Waals surface area contributed by atoms with Gasteiger partial charge in [-0.15, -0.1) is 0 Å². The molecule has 3 heterocycles. The van der Waals surface area contributed by atoms with Crippen molar-refractivity contribution in [1.29, 1.82) is 0 Å². The van der Waals surface area contributed by atoms with Crippen molar-refractivity contribution < 1.29 is 18.3 Å². The predicted octanol–water partition coefficient (Wildman–Crippen LogP) is 2.08. The molecule has 0 aliphatic heterocycles. The number of nitrogens with one attached hydrogen (secondary N) is 2. The van der Waals surface area contributed by atoms with Crippen LogP contribution in [-0.2, 0) is 22.9 Å². The van der Waals surface area contributed by atoms with E-state index in [4.69, 9.17) is 9.84 Å². The Kier molecular flexibility index (Phi) is 6.45. The summed E-state index contributed by atoms with van der Waals surface area (Å²) in [7, 11) is -2.02. The molecule has 0 aliphatic carbocycles. The van der Waals surface area contributed by atoms with E-state index in [1.807, 2.05) is 18.2 Å². The first-order valence-electron chi connectivity index (χ1n) is 10.0. The molecule has 0 saturated carbocycles. The Labute approximate surface area is 185 Å². The second-order valence-corrected chi connectivity index (χ2v) is 8.87. The molecule has 1 aromatic carbocycles. The second kappa shape index (κ2) is 9.43. The van der Waals surface area contributed by atoms with Gasteiger partial charge in [-0.25, -0.2) is 23.1 Å². The molecule has 0 bridgehead atoms. The van der Waals surface area contributed by atoms with Crippen LogP contribution in [0.25, 0.3) is 22.3 Å². The number of imidazole rings is 1. The fourth-order valence-corrected chi connectivity index (χ4v) is 4.30. The van der Waals surface area contributed by atoms with Crippen LogP contribution >= 0.6 is 0 Å². The van der Waals surface area contributed by atoms with Crippen LogP contribution in [0.4, 0.5) is 0 Å². The Hall–Kier alpha value is -3.34. The number of methoxy groups -OCH3 is 1. The van der Waals surface area contributed by atoms with E-state index < -0.39 is 10.0 Å². The summed E-state index contributed by atoms with van der Waals surface area (Å²) >= 11 is 0. The molecular weight excluding hydrogens is 430 g/mol. The van der Waals surface area contributed by atoms with E-state index >= 15 is 0 Å². The van der Waals surface area contributed by atoms with Crippen molar-refractivity contribution in [3.05, 3.63) is 66.4 Å². The quantitative estimate of drug-likeness (QED) is 0.354. The minimum Gasteiger partial charge on any atom is -0.497 e. The van der Waals surface area contributed by atoms with E-state index in [1.54, 1.807) is 31.6 Å². The maximum absolute atomic E-state index is 12.2. The highest BCUT2D eigenvalue weighted by Gasteiger charge is 2.13.